The fourth-order valence-corrected chi connectivity index (χ4v) is 2.78. The highest BCUT2D eigenvalue weighted by Gasteiger charge is 2.17. The molecule has 0 saturated heterocycles. The summed E-state index contributed by atoms with van der Waals surface area (Å²) >= 11 is 0. The number of anilines is 1. The van der Waals surface area contributed by atoms with E-state index in [0.717, 1.165) is 11.3 Å². The van der Waals surface area contributed by atoms with Crippen molar-refractivity contribution in [3.63, 3.8) is 0 Å². The zero-order valence-corrected chi connectivity index (χ0v) is 15.0. The van der Waals surface area contributed by atoms with Crippen molar-refractivity contribution in [2.45, 2.75) is 19.4 Å². The number of carbonyl (C=O) groups excluding carboxylic acids is 1. The van der Waals surface area contributed by atoms with Crippen LogP contribution in [0.2, 0.25) is 0 Å². The lowest BCUT2D eigenvalue weighted by Gasteiger charge is -2.19. The average Bonchev–Trinajstić information content (AvgIpc) is 2.70. The number of rotatable bonds is 5. The monoisotopic (exact) mass is 356 g/mol. The van der Waals surface area contributed by atoms with Gasteiger partial charge in [-0.3, -0.25) is 4.98 Å². The minimum absolute atomic E-state index is 0.289. The molecule has 0 saturated carbocycles. The van der Waals surface area contributed by atoms with Crippen LogP contribution in [0.1, 0.15) is 28.4 Å². The van der Waals surface area contributed by atoms with Gasteiger partial charge in [-0.2, -0.15) is 5.26 Å². The van der Waals surface area contributed by atoms with Gasteiger partial charge in [0.1, 0.15) is 6.07 Å². The molecule has 0 spiro atoms. The van der Waals surface area contributed by atoms with E-state index in [4.69, 9.17) is 0 Å². The molecule has 5 heteroatoms. The van der Waals surface area contributed by atoms with E-state index in [-0.39, 0.29) is 12.1 Å². The van der Waals surface area contributed by atoms with Crippen LogP contribution in [-0.4, -0.2) is 11.0 Å². The van der Waals surface area contributed by atoms with Crippen molar-refractivity contribution in [3.05, 3.63) is 95.3 Å². The topological polar surface area (TPSA) is 77.8 Å². The number of pyridine rings is 1. The minimum atomic E-state index is -0.375. The maximum Gasteiger partial charge on any atom is 0.319 e. The van der Waals surface area contributed by atoms with Crippen molar-refractivity contribution in [2.24, 2.45) is 0 Å². The fourth-order valence-electron chi connectivity index (χ4n) is 2.78. The second-order valence-electron chi connectivity index (χ2n) is 6.25. The number of para-hydroxylation sites is 1. The first kappa shape index (κ1) is 18.2. The van der Waals surface area contributed by atoms with Gasteiger partial charge >= 0.3 is 6.03 Å². The largest absolute Gasteiger partial charge is 0.329 e. The lowest BCUT2D eigenvalue weighted by molar-refractivity contribution is 0.248. The number of aryl methyl sites for hydroxylation is 1. The van der Waals surface area contributed by atoms with Gasteiger partial charge in [0.25, 0.3) is 0 Å². The quantitative estimate of drug-likeness (QED) is 0.713. The summed E-state index contributed by atoms with van der Waals surface area (Å²) in [6.07, 6.45) is 2.33. The van der Waals surface area contributed by atoms with E-state index in [1.54, 1.807) is 30.5 Å². The van der Waals surface area contributed by atoms with Gasteiger partial charge in [-0.25, -0.2) is 4.79 Å². The molecule has 0 aliphatic carbocycles. The first-order valence-electron chi connectivity index (χ1n) is 8.69. The van der Waals surface area contributed by atoms with Gasteiger partial charge in [0.05, 0.1) is 23.0 Å². The Morgan fingerprint density at radius 1 is 1.07 bits per heavy atom. The third kappa shape index (κ3) is 4.93. The van der Waals surface area contributed by atoms with Crippen molar-refractivity contribution in [2.75, 3.05) is 5.32 Å². The number of carbonyl (C=O) groups is 1. The molecule has 1 aromatic heterocycles. The molecule has 5 nitrogen and oxygen atoms in total. The zero-order valence-electron chi connectivity index (χ0n) is 15.0. The van der Waals surface area contributed by atoms with Crippen LogP contribution in [0.3, 0.4) is 0 Å². The molecule has 1 heterocycles. The normalized spacial score (nSPS) is 11.3. The third-order valence-corrected chi connectivity index (χ3v) is 4.21. The van der Waals surface area contributed by atoms with E-state index in [2.05, 4.69) is 33.8 Å². The highest BCUT2D eigenvalue weighted by Crippen LogP contribution is 2.18. The summed E-state index contributed by atoms with van der Waals surface area (Å²) in [6.45, 7) is 2.04. The van der Waals surface area contributed by atoms with Crippen molar-refractivity contribution in [1.82, 2.24) is 10.3 Å². The Bertz CT molecular complexity index is 946. The number of aromatic nitrogens is 1. The Morgan fingerprint density at radius 3 is 2.52 bits per heavy atom. The van der Waals surface area contributed by atoms with Crippen molar-refractivity contribution < 1.29 is 4.79 Å². The number of urea groups is 1. The van der Waals surface area contributed by atoms with E-state index >= 15 is 0 Å². The molecule has 0 fully saturated rings. The van der Waals surface area contributed by atoms with Crippen LogP contribution in [0.5, 0.6) is 0 Å². The van der Waals surface area contributed by atoms with Gasteiger partial charge in [-0.1, -0.05) is 48.0 Å². The molecule has 3 rings (SSSR count). The molecule has 0 aliphatic rings. The molecule has 1 atom stereocenters. The summed E-state index contributed by atoms with van der Waals surface area (Å²) in [7, 11) is 0. The van der Waals surface area contributed by atoms with Crippen molar-refractivity contribution in [3.8, 4) is 6.07 Å². The smallest absolute Gasteiger partial charge is 0.319 e. The molecule has 27 heavy (non-hydrogen) atoms. The van der Waals surface area contributed by atoms with Gasteiger partial charge in [-0.15, -0.1) is 0 Å². The summed E-state index contributed by atoms with van der Waals surface area (Å²) in [5, 5.41) is 14.9. The number of nitrogens with zero attached hydrogens (tertiary/aromatic N) is 2. The van der Waals surface area contributed by atoms with Crippen molar-refractivity contribution in [1.29, 1.82) is 5.26 Å². The lowest BCUT2D eigenvalue weighted by atomic mass is 10.0. The molecule has 134 valence electrons. The molecule has 0 bridgehead atoms. The number of benzene rings is 2. The fraction of sp³-hybridized carbons (Fsp3) is 0.136. The summed E-state index contributed by atoms with van der Waals surface area (Å²) in [4.78, 5) is 16.9. The molecule has 2 amide bonds. The molecule has 2 aromatic carbocycles. The second-order valence-corrected chi connectivity index (χ2v) is 6.25. The van der Waals surface area contributed by atoms with E-state index in [9.17, 15) is 10.1 Å². The van der Waals surface area contributed by atoms with Crippen LogP contribution in [0.15, 0.2) is 72.9 Å². The third-order valence-electron chi connectivity index (χ3n) is 4.21. The zero-order chi connectivity index (χ0) is 19.1. The first-order valence-corrected chi connectivity index (χ1v) is 8.69. The van der Waals surface area contributed by atoms with Gasteiger partial charge < -0.3 is 10.6 Å². The van der Waals surface area contributed by atoms with Crippen molar-refractivity contribution >= 4 is 11.7 Å². The summed E-state index contributed by atoms with van der Waals surface area (Å²) in [6, 6.07) is 22.2. The Kier molecular flexibility index (Phi) is 5.80. The number of nitriles is 1. The molecule has 0 radical (unpaired) electrons. The van der Waals surface area contributed by atoms with E-state index in [1.165, 1.54) is 5.56 Å². The van der Waals surface area contributed by atoms with Gasteiger partial charge in [0.15, 0.2) is 0 Å². The summed E-state index contributed by atoms with van der Waals surface area (Å²) < 4.78 is 0. The number of amides is 2. The second kappa shape index (κ2) is 8.63. The number of hydrogen-bond acceptors (Lipinski definition) is 3. The van der Waals surface area contributed by atoms with Gasteiger partial charge in [-0.05, 0) is 43.2 Å². The van der Waals surface area contributed by atoms with Crippen LogP contribution < -0.4 is 10.6 Å². The van der Waals surface area contributed by atoms with E-state index in [1.807, 2.05) is 37.3 Å². The van der Waals surface area contributed by atoms with Crippen LogP contribution >= 0.6 is 0 Å². The standard InChI is InChI=1S/C22H20N4O/c1-16-9-11-17(12-10-16)14-21(20-8-4-5-13-24-20)26-22(27)25-19-7-3-2-6-18(19)15-23/h2-13,21H,14H2,1H3,(H2,25,26,27). The highest BCUT2D eigenvalue weighted by molar-refractivity contribution is 5.91. The Balaban J connectivity index is 1.77. The maximum atomic E-state index is 12.5. The Morgan fingerprint density at radius 2 is 1.81 bits per heavy atom. The molecular weight excluding hydrogens is 336 g/mol. The van der Waals surface area contributed by atoms with Crippen LogP contribution in [0, 0.1) is 18.3 Å². The van der Waals surface area contributed by atoms with Gasteiger partial charge in [0, 0.05) is 6.20 Å². The van der Waals surface area contributed by atoms with Gasteiger partial charge in [0.2, 0.25) is 0 Å². The lowest BCUT2D eigenvalue weighted by Crippen LogP contribution is -2.34. The van der Waals surface area contributed by atoms with E-state index < -0.39 is 0 Å². The molecule has 1 unspecified atom stereocenters. The highest BCUT2D eigenvalue weighted by atomic mass is 16.2. The first-order chi connectivity index (χ1) is 13.2. The van der Waals surface area contributed by atoms with Crippen LogP contribution in [-0.2, 0) is 6.42 Å². The molecular formula is C22H20N4O. The Hall–Kier alpha value is -3.65. The number of hydrogen-bond donors (Lipinski definition) is 2. The van der Waals surface area contributed by atoms with E-state index in [0.29, 0.717) is 17.7 Å². The molecule has 0 aliphatic heterocycles. The molecule has 2 N–H and O–H groups in total. The maximum absolute atomic E-state index is 12.5. The SMILES string of the molecule is Cc1ccc(CC(NC(=O)Nc2ccccc2C#N)c2ccccn2)cc1. The molecule has 3 aromatic rings. The predicted molar refractivity (Wildman–Crippen MR) is 105 cm³/mol. The number of nitrogens with one attached hydrogen (secondary N) is 2. The summed E-state index contributed by atoms with van der Waals surface area (Å²) in [5.74, 6) is 0. The summed E-state index contributed by atoms with van der Waals surface area (Å²) in [5.41, 5.74) is 3.97. The predicted octanol–water partition coefficient (Wildman–Crippen LogP) is 4.37. The Labute approximate surface area is 158 Å². The van der Waals surface area contributed by atoms with Crippen LogP contribution in [0.25, 0.3) is 0 Å². The van der Waals surface area contributed by atoms with Crippen LogP contribution in [0.4, 0.5) is 10.5 Å². The minimum Gasteiger partial charge on any atom is -0.329 e. The average molecular weight is 356 g/mol.